The number of nitrogens with zero attached hydrogens (tertiary/aromatic N) is 3. The predicted molar refractivity (Wildman–Crippen MR) is 114 cm³/mol. The van der Waals surface area contributed by atoms with Crippen LogP contribution in [0.1, 0.15) is 30.0 Å². The van der Waals surface area contributed by atoms with Crippen molar-refractivity contribution in [2.45, 2.75) is 37.5 Å². The molecule has 4 N–H and O–H groups in total. The van der Waals surface area contributed by atoms with Gasteiger partial charge in [-0.1, -0.05) is 30.3 Å². The maximum Gasteiger partial charge on any atom is 0.416 e. The number of halogens is 3. The number of anilines is 2. The Labute approximate surface area is 192 Å². The van der Waals surface area contributed by atoms with Gasteiger partial charge in [-0.3, -0.25) is 14.8 Å². The highest BCUT2D eigenvalue weighted by Gasteiger charge is 2.37. The van der Waals surface area contributed by atoms with E-state index >= 15 is 0 Å². The monoisotopic (exact) mass is 474 g/mol. The molecule has 0 spiro atoms. The van der Waals surface area contributed by atoms with Crippen LogP contribution in [0.25, 0.3) is 0 Å². The molecule has 1 aromatic heterocycles. The average molecular weight is 474 g/mol. The van der Waals surface area contributed by atoms with E-state index < -0.39 is 23.7 Å². The molecule has 178 valence electrons. The number of rotatable bonds is 6. The van der Waals surface area contributed by atoms with Gasteiger partial charge in [0.05, 0.1) is 11.3 Å². The topological polar surface area (TPSA) is 132 Å². The molecule has 1 fully saturated rings. The van der Waals surface area contributed by atoms with E-state index in [1.165, 1.54) is 16.9 Å². The number of nitrogens with two attached hydrogens (primary N) is 1. The van der Waals surface area contributed by atoms with Crippen molar-refractivity contribution >= 4 is 29.2 Å². The second kappa shape index (κ2) is 9.51. The van der Waals surface area contributed by atoms with E-state index in [1.54, 1.807) is 30.3 Å². The number of nitrogens with one attached hydrogen (secondary N) is 2. The van der Waals surface area contributed by atoms with E-state index in [0.29, 0.717) is 5.56 Å². The van der Waals surface area contributed by atoms with E-state index in [4.69, 9.17) is 10.3 Å². The van der Waals surface area contributed by atoms with Crippen LogP contribution in [0.2, 0.25) is 0 Å². The molecule has 2 amide bonds. The summed E-state index contributed by atoms with van der Waals surface area (Å²) in [7, 11) is 0. The highest BCUT2D eigenvalue weighted by atomic mass is 19.4. The molecular formula is C22H21F3N6O3. The Hall–Kier alpha value is -3.93. The van der Waals surface area contributed by atoms with Gasteiger partial charge in [-0.25, -0.2) is 4.79 Å². The Morgan fingerprint density at radius 3 is 2.62 bits per heavy atom. The van der Waals surface area contributed by atoms with E-state index in [1.807, 2.05) is 0 Å². The Morgan fingerprint density at radius 2 is 1.94 bits per heavy atom. The second-order valence-electron chi connectivity index (χ2n) is 7.94. The van der Waals surface area contributed by atoms with E-state index in [-0.39, 0.29) is 35.8 Å². The molecule has 0 atom stereocenters. The summed E-state index contributed by atoms with van der Waals surface area (Å²) in [5.41, 5.74) is 4.93. The van der Waals surface area contributed by atoms with Gasteiger partial charge in [0.25, 0.3) is 6.20 Å². The number of aliphatic imine (C=N–C) groups is 1. The summed E-state index contributed by atoms with van der Waals surface area (Å²) in [4.78, 5) is 16.1. The van der Waals surface area contributed by atoms with Crippen LogP contribution in [0.3, 0.4) is 0 Å². The van der Waals surface area contributed by atoms with Crippen molar-refractivity contribution in [1.29, 1.82) is 0 Å². The SMILES string of the molecule is NC1CC([n+]2cc(NC(=O)Nc3cc(N=C([O-])Cc4ccccc4)cc(C(F)(F)F)c3)on2)C1. The van der Waals surface area contributed by atoms with Crippen LogP contribution in [0.4, 0.5) is 35.2 Å². The van der Waals surface area contributed by atoms with Crippen molar-refractivity contribution in [2.24, 2.45) is 10.7 Å². The van der Waals surface area contributed by atoms with Crippen LogP contribution in [0.15, 0.2) is 64.2 Å². The molecule has 12 heteroatoms. The lowest BCUT2D eigenvalue weighted by atomic mass is 9.88. The number of alkyl halides is 3. The molecule has 9 nitrogen and oxygen atoms in total. The maximum atomic E-state index is 13.4. The number of hydrogen-bond donors (Lipinski definition) is 3. The molecule has 3 aromatic rings. The normalized spacial score (nSPS) is 18.3. The molecule has 1 aliphatic carbocycles. The third-order valence-electron chi connectivity index (χ3n) is 5.20. The summed E-state index contributed by atoms with van der Waals surface area (Å²) < 4.78 is 46.7. The molecule has 1 saturated carbocycles. The van der Waals surface area contributed by atoms with Gasteiger partial charge in [-0.05, 0) is 34.3 Å². The van der Waals surface area contributed by atoms with Gasteiger partial charge in [0.2, 0.25) is 5.27 Å². The summed E-state index contributed by atoms with van der Waals surface area (Å²) in [5, 5.41) is 20.7. The summed E-state index contributed by atoms with van der Waals surface area (Å²) in [5.74, 6) is -0.615. The Balaban J connectivity index is 1.48. The third kappa shape index (κ3) is 5.90. The summed E-state index contributed by atoms with van der Waals surface area (Å²) >= 11 is 0. The van der Waals surface area contributed by atoms with Gasteiger partial charge in [0.1, 0.15) is 0 Å². The summed E-state index contributed by atoms with van der Waals surface area (Å²) in [6.45, 7) is 0. The van der Waals surface area contributed by atoms with Gasteiger partial charge in [0.15, 0.2) is 6.04 Å². The van der Waals surface area contributed by atoms with Crippen molar-refractivity contribution in [1.82, 2.24) is 5.27 Å². The Bertz CT molecular complexity index is 1190. The van der Waals surface area contributed by atoms with Gasteiger partial charge < -0.3 is 16.2 Å². The molecule has 0 aliphatic heterocycles. The Morgan fingerprint density at radius 1 is 1.21 bits per heavy atom. The molecule has 34 heavy (non-hydrogen) atoms. The zero-order chi connectivity index (χ0) is 24.3. The molecule has 1 aliphatic rings. The fourth-order valence-electron chi connectivity index (χ4n) is 3.47. The van der Waals surface area contributed by atoms with Crippen molar-refractivity contribution in [3.63, 3.8) is 0 Å². The van der Waals surface area contributed by atoms with Crippen molar-refractivity contribution < 1.29 is 32.3 Å². The quantitative estimate of drug-likeness (QED) is 0.287. The molecule has 0 bridgehead atoms. The van der Waals surface area contributed by atoms with Gasteiger partial charge >= 0.3 is 18.1 Å². The van der Waals surface area contributed by atoms with Crippen LogP contribution in [0.5, 0.6) is 0 Å². The molecule has 1 heterocycles. The zero-order valence-corrected chi connectivity index (χ0v) is 17.7. The largest absolute Gasteiger partial charge is 0.861 e. The first-order valence-corrected chi connectivity index (χ1v) is 10.4. The van der Waals surface area contributed by atoms with E-state index in [9.17, 15) is 23.1 Å². The zero-order valence-electron chi connectivity index (χ0n) is 17.7. The minimum atomic E-state index is -4.71. The van der Waals surface area contributed by atoms with Crippen LogP contribution < -0.4 is 26.2 Å². The third-order valence-corrected chi connectivity index (χ3v) is 5.20. The number of amides is 2. The van der Waals surface area contributed by atoms with Crippen molar-refractivity contribution in [3.05, 3.63) is 65.9 Å². The second-order valence-corrected chi connectivity index (χ2v) is 7.94. The highest BCUT2D eigenvalue weighted by molar-refractivity contribution is 5.99. The lowest BCUT2D eigenvalue weighted by molar-refractivity contribution is -0.794. The predicted octanol–water partition coefficient (Wildman–Crippen LogP) is 2.92. The molecular weight excluding hydrogens is 453 g/mol. The average Bonchev–Trinajstić information content (AvgIpc) is 3.19. The number of hydrogen-bond acceptors (Lipinski definition) is 6. The number of carbonyl (C=O) groups excluding carboxylic acids is 1. The summed E-state index contributed by atoms with van der Waals surface area (Å²) in [6.07, 6.45) is -1.87. The molecule has 0 radical (unpaired) electrons. The smallest absolute Gasteiger partial charge is 0.416 e. The van der Waals surface area contributed by atoms with Crippen LogP contribution in [0, 0.1) is 0 Å². The number of urea groups is 1. The van der Waals surface area contributed by atoms with E-state index in [0.717, 1.165) is 25.0 Å². The first-order chi connectivity index (χ1) is 16.2. The van der Waals surface area contributed by atoms with Gasteiger partial charge in [-0.15, -0.1) is 0 Å². The molecule has 2 aromatic carbocycles. The van der Waals surface area contributed by atoms with Crippen LogP contribution in [-0.2, 0) is 12.6 Å². The summed E-state index contributed by atoms with van der Waals surface area (Å²) in [6, 6.07) is 10.7. The van der Waals surface area contributed by atoms with Crippen LogP contribution >= 0.6 is 0 Å². The lowest BCUT2D eigenvalue weighted by Gasteiger charge is -2.24. The van der Waals surface area contributed by atoms with Crippen LogP contribution in [-0.4, -0.2) is 23.2 Å². The van der Waals surface area contributed by atoms with Crippen molar-refractivity contribution in [3.8, 4) is 0 Å². The minimum Gasteiger partial charge on any atom is -0.861 e. The number of benzene rings is 2. The first-order valence-electron chi connectivity index (χ1n) is 10.4. The Kier molecular flexibility index (Phi) is 6.50. The fraction of sp³-hybridized carbons (Fsp3) is 0.273. The van der Waals surface area contributed by atoms with Gasteiger partial charge in [-0.2, -0.15) is 13.2 Å². The number of carbonyl (C=O) groups is 1. The molecule has 0 unspecified atom stereocenters. The highest BCUT2D eigenvalue weighted by Crippen LogP contribution is 2.34. The number of aromatic nitrogens is 2. The van der Waals surface area contributed by atoms with Crippen molar-refractivity contribution in [2.75, 3.05) is 10.6 Å². The standard InChI is InChI=1S/C22H21F3N6O3/c23-22(24,25)14-7-16(27-19(32)6-13-4-2-1-3-5-13)11-17(8-14)28-21(33)29-20-12-31(30-34-20)18-9-15(26)10-18/h1-5,7-8,11-12,15,18H,6,9-10,26H2,(H2-,27,28,29,30,32,33). The fourth-order valence-corrected chi connectivity index (χ4v) is 3.47. The molecule has 4 rings (SSSR count). The lowest BCUT2D eigenvalue weighted by Crippen LogP contribution is -2.52. The van der Waals surface area contributed by atoms with Gasteiger partial charge in [0, 0.05) is 31.0 Å². The minimum absolute atomic E-state index is 0.00731. The maximum absolute atomic E-state index is 13.4. The van der Waals surface area contributed by atoms with E-state index in [2.05, 4.69) is 20.9 Å². The first kappa shape index (κ1) is 23.2. The molecule has 0 saturated heterocycles.